The van der Waals surface area contributed by atoms with Gasteiger partial charge in [0.05, 0.1) is 18.1 Å². The van der Waals surface area contributed by atoms with E-state index in [1.807, 2.05) is 0 Å². The Labute approximate surface area is 148 Å². The minimum Gasteiger partial charge on any atom is -0.497 e. The molecule has 0 atom stereocenters. The van der Waals surface area contributed by atoms with Crippen LogP contribution in [0.5, 0.6) is 5.75 Å². The third-order valence-electron chi connectivity index (χ3n) is 3.51. The largest absolute Gasteiger partial charge is 0.497 e. The molecule has 1 amide bonds. The summed E-state index contributed by atoms with van der Waals surface area (Å²) in [6, 6.07) is 11.7. The van der Waals surface area contributed by atoms with Gasteiger partial charge in [0.25, 0.3) is 0 Å². The van der Waals surface area contributed by atoms with Crippen molar-refractivity contribution in [3.05, 3.63) is 75.6 Å². The highest BCUT2D eigenvalue weighted by Gasteiger charge is 2.07. The van der Waals surface area contributed by atoms with Gasteiger partial charge in [-0.25, -0.2) is 0 Å². The minimum atomic E-state index is -0.378. The Morgan fingerprint density at radius 3 is 2.84 bits per heavy atom. The number of ether oxygens (including phenoxy) is 1. The van der Waals surface area contributed by atoms with Gasteiger partial charge in [-0.3, -0.25) is 9.59 Å². The number of anilines is 1. The first-order valence-electron chi connectivity index (χ1n) is 7.41. The molecule has 3 rings (SSSR count). The van der Waals surface area contributed by atoms with Crippen molar-refractivity contribution < 1.29 is 13.9 Å². The molecule has 1 aromatic heterocycles. The number of benzene rings is 2. The van der Waals surface area contributed by atoms with Gasteiger partial charge in [-0.1, -0.05) is 17.7 Å². The Morgan fingerprint density at radius 2 is 2.08 bits per heavy atom. The van der Waals surface area contributed by atoms with Crippen LogP contribution in [0, 0.1) is 0 Å². The number of rotatable bonds is 4. The molecule has 2 aromatic carbocycles. The molecule has 0 aliphatic heterocycles. The summed E-state index contributed by atoms with van der Waals surface area (Å²) in [5.41, 5.74) is 1.04. The lowest BCUT2D eigenvalue weighted by molar-refractivity contribution is -0.111. The second kappa shape index (κ2) is 7.23. The number of halogens is 1. The summed E-state index contributed by atoms with van der Waals surface area (Å²) in [4.78, 5) is 24.4. The van der Waals surface area contributed by atoms with Crippen LogP contribution in [-0.4, -0.2) is 13.0 Å². The molecule has 0 unspecified atom stereocenters. The molecule has 5 nitrogen and oxygen atoms in total. The number of carbonyl (C=O) groups is 1. The summed E-state index contributed by atoms with van der Waals surface area (Å²) in [6.07, 6.45) is 3.99. The van der Waals surface area contributed by atoms with E-state index in [9.17, 15) is 9.59 Å². The predicted octanol–water partition coefficient (Wildman–Crippen LogP) is 4.11. The molecule has 3 aromatic rings. The van der Waals surface area contributed by atoms with Crippen LogP contribution >= 0.6 is 11.6 Å². The second-order valence-corrected chi connectivity index (χ2v) is 5.65. The summed E-state index contributed by atoms with van der Waals surface area (Å²) in [7, 11) is 1.54. The zero-order valence-corrected chi connectivity index (χ0v) is 14.0. The number of hydrogen-bond acceptors (Lipinski definition) is 4. The average Bonchev–Trinajstić information content (AvgIpc) is 2.61. The number of methoxy groups -OCH3 is 1. The van der Waals surface area contributed by atoms with Crippen molar-refractivity contribution in [3.8, 4) is 5.75 Å². The Kier molecular flexibility index (Phi) is 4.86. The van der Waals surface area contributed by atoms with Gasteiger partial charge in [-0.05, 0) is 36.4 Å². The lowest BCUT2D eigenvalue weighted by Crippen LogP contribution is -2.09. The molecule has 25 heavy (non-hydrogen) atoms. The van der Waals surface area contributed by atoms with Crippen LogP contribution in [-0.2, 0) is 4.79 Å². The SMILES string of the molecule is COc1ccc2c(=O)c(/C=C/C(=O)Nc3cccc(Cl)c3)coc2c1. The van der Waals surface area contributed by atoms with Crippen LogP contribution < -0.4 is 15.5 Å². The van der Waals surface area contributed by atoms with Crippen LogP contribution in [0.1, 0.15) is 5.56 Å². The molecule has 0 saturated heterocycles. The fourth-order valence-electron chi connectivity index (χ4n) is 2.28. The maximum atomic E-state index is 12.4. The van der Waals surface area contributed by atoms with Gasteiger partial charge in [0.2, 0.25) is 5.91 Å². The van der Waals surface area contributed by atoms with E-state index < -0.39 is 0 Å². The molecule has 1 N–H and O–H groups in total. The first-order valence-corrected chi connectivity index (χ1v) is 7.79. The summed E-state index contributed by atoms with van der Waals surface area (Å²) < 4.78 is 10.5. The minimum absolute atomic E-state index is 0.226. The Balaban J connectivity index is 1.82. The second-order valence-electron chi connectivity index (χ2n) is 5.22. The molecule has 126 valence electrons. The van der Waals surface area contributed by atoms with Crippen molar-refractivity contribution in [2.45, 2.75) is 0 Å². The van der Waals surface area contributed by atoms with E-state index in [0.717, 1.165) is 0 Å². The molecule has 0 spiro atoms. The molecule has 0 fully saturated rings. The quantitative estimate of drug-likeness (QED) is 0.715. The van der Waals surface area contributed by atoms with E-state index in [1.54, 1.807) is 42.5 Å². The van der Waals surface area contributed by atoms with Gasteiger partial charge in [-0.2, -0.15) is 0 Å². The van der Waals surface area contributed by atoms with Gasteiger partial charge in [-0.15, -0.1) is 0 Å². The molecule has 1 heterocycles. The Morgan fingerprint density at radius 1 is 1.24 bits per heavy atom. The zero-order valence-electron chi connectivity index (χ0n) is 13.3. The molecule has 6 heteroatoms. The van der Waals surface area contributed by atoms with Crippen molar-refractivity contribution in [2.75, 3.05) is 12.4 Å². The average molecular weight is 356 g/mol. The van der Waals surface area contributed by atoms with Gasteiger partial charge < -0.3 is 14.5 Å². The summed E-state index contributed by atoms with van der Waals surface area (Å²) in [6.45, 7) is 0. The Hall–Kier alpha value is -3.05. The van der Waals surface area contributed by atoms with Crippen LogP contribution in [0.25, 0.3) is 17.0 Å². The highest BCUT2D eigenvalue weighted by Crippen LogP contribution is 2.19. The van der Waals surface area contributed by atoms with E-state index in [0.29, 0.717) is 27.4 Å². The molecule has 0 bridgehead atoms. The van der Waals surface area contributed by atoms with Gasteiger partial charge in [0, 0.05) is 22.9 Å². The zero-order chi connectivity index (χ0) is 17.8. The van der Waals surface area contributed by atoms with Crippen molar-refractivity contribution in [1.29, 1.82) is 0 Å². The maximum Gasteiger partial charge on any atom is 0.248 e. The fraction of sp³-hybridized carbons (Fsp3) is 0.0526. The number of fused-ring (bicyclic) bond motifs is 1. The highest BCUT2D eigenvalue weighted by atomic mass is 35.5. The summed E-state index contributed by atoms with van der Waals surface area (Å²) in [5, 5.41) is 3.60. The lowest BCUT2D eigenvalue weighted by atomic mass is 10.1. The van der Waals surface area contributed by atoms with Crippen LogP contribution in [0.4, 0.5) is 5.69 Å². The van der Waals surface area contributed by atoms with Gasteiger partial charge >= 0.3 is 0 Å². The van der Waals surface area contributed by atoms with Crippen molar-refractivity contribution in [3.63, 3.8) is 0 Å². The van der Waals surface area contributed by atoms with Crippen LogP contribution in [0.3, 0.4) is 0 Å². The molecule has 0 aliphatic carbocycles. The molecular weight excluding hydrogens is 342 g/mol. The molecule has 0 radical (unpaired) electrons. The third kappa shape index (κ3) is 3.89. The molecular formula is C19H14ClNO4. The van der Waals surface area contributed by atoms with Gasteiger partial charge in [0.15, 0.2) is 5.43 Å². The first-order chi connectivity index (χ1) is 12.1. The normalized spacial score (nSPS) is 11.0. The number of hydrogen-bond donors (Lipinski definition) is 1. The van der Waals surface area contributed by atoms with Crippen molar-refractivity contribution in [2.24, 2.45) is 0 Å². The summed E-state index contributed by atoms with van der Waals surface area (Å²) in [5.74, 6) is 0.219. The van der Waals surface area contributed by atoms with Crippen LogP contribution in [0.2, 0.25) is 5.02 Å². The van der Waals surface area contributed by atoms with Crippen molar-refractivity contribution >= 4 is 40.2 Å². The van der Waals surface area contributed by atoms with Crippen LogP contribution in [0.15, 0.2) is 64.0 Å². The maximum absolute atomic E-state index is 12.4. The third-order valence-corrected chi connectivity index (χ3v) is 3.75. The smallest absolute Gasteiger partial charge is 0.248 e. The van der Waals surface area contributed by atoms with E-state index in [4.69, 9.17) is 20.8 Å². The molecule has 0 aliphatic rings. The highest BCUT2D eigenvalue weighted by molar-refractivity contribution is 6.30. The monoisotopic (exact) mass is 355 g/mol. The topological polar surface area (TPSA) is 68.5 Å². The Bertz CT molecular complexity index is 1020. The van der Waals surface area contributed by atoms with E-state index in [2.05, 4.69) is 5.32 Å². The predicted molar refractivity (Wildman–Crippen MR) is 98.2 cm³/mol. The molecule has 0 saturated carbocycles. The van der Waals surface area contributed by atoms with E-state index in [-0.39, 0.29) is 16.9 Å². The first kappa shape index (κ1) is 16.8. The number of nitrogens with one attached hydrogen (secondary N) is 1. The number of carbonyl (C=O) groups excluding carboxylic acids is 1. The van der Waals surface area contributed by atoms with Gasteiger partial charge in [0.1, 0.15) is 17.6 Å². The number of amides is 1. The lowest BCUT2D eigenvalue weighted by Gasteiger charge is -2.03. The van der Waals surface area contributed by atoms with Crippen molar-refractivity contribution in [1.82, 2.24) is 0 Å². The van der Waals surface area contributed by atoms with E-state index in [1.165, 1.54) is 25.5 Å². The summed E-state index contributed by atoms with van der Waals surface area (Å²) >= 11 is 5.87. The standard InChI is InChI=1S/C19H14ClNO4/c1-24-15-6-7-16-17(10-15)25-11-12(19(16)23)5-8-18(22)21-14-4-2-3-13(20)9-14/h2-11H,1H3,(H,21,22)/b8-5+. The fourth-order valence-corrected chi connectivity index (χ4v) is 2.47. The van der Waals surface area contributed by atoms with E-state index >= 15 is 0 Å².